The normalized spacial score (nSPS) is 21.8. The first kappa shape index (κ1) is 17.0. The first-order valence-electron chi connectivity index (χ1n) is 5.97. The Balaban J connectivity index is 0.00000200. The molecule has 0 saturated carbocycles. The van der Waals surface area contributed by atoms with Crippen LogP contribution in [0.3, 0.4) is 0 Å². The van der Waals surface area contributed by atoms with E-state index in [0.717, 1.165) is 6.54 Å². The molecule has 0 radical (unpaired) electrons. The van der Waals surface area contributed by atoms with Crippen LogP contribution in [0.25, 0.3) is 0 Å². The number of amides is 2. The number of benzene rings is 1. The molecule has 1 aromatic carbocycles. The van der Waals surface area contributed by atoms with E-state index in [4.69, 9.17) is 11.6 Å². The maximum Gasteiger partial charge on any atom is 0.319 e. The highest BCUT2D eigenvalue weighted by Gasteiger charge is 2.24. The third-order valence-corrected chi connectivity index (χ3v) is 3.23. The number of hydrogen-bond acceptors (Lipinski definition) is 3. The van der Waals surface area contributed by atoms with Gasteiger partial charge in [0.05, 0.1) is 17.2 Å². The summed E-state index contributed by atoms with van der Waals surface area (Å²) in [5.41, 5.74) is 0.391. The van der Waals surface area contributed by atoms with Crippen LogP contribution in [0.4, 0.5) is 14.9 Å². The summed E-state index contributed by atoms with van der Waals surface area (Å²) in [4.78, 5) is 11.7. The second-order valence-electron chi connectivity index (χ2n) is 4.39. The van der Waals surface area contributed by atoms with Crippen LogP contribution in [-0.2, 0) is 0 Å². The van der Waals surface area contributed by atoms with Crippen molar-refractivity contribution in [3.8, 4) is 0 Å². The Labute approximate surface area is 127 Å². The standard InChI is InChI=1S/C12H15ClFN3O2.ClH/c13-8-5-7(1-2-9(8)14)16-12(19)17-10-6-15-4-3-11(10)18;/h1-2,5,10-11,15,18H,3-4,6H2,(H2,16,17,19);1H/t10-,11+;/m0./s1. The smallest absolute Gasteiger partial charge is 0.319 e. The number of urea groups is 1. The molecule has 1 aliphatic heterocycles. The van der Waals surface area contributed by atoms with Crippen LogP contribution in [-0.4, -0.2) is 36.4 Å². The van der Waals surface area contributed by atoms with Gasteiger partial charge >= 0.3 is 6.03 Å². The summed E-state index contributed by atoms with van der Waals surface area (Å²) in [5, 5.41) is 17.9. The van der Waals surface area contributed by atoms with Crippen LogP contribution in [0, 0.1) is 5.82 Å². The van der Waals surface area contributed by atoms with Crippen LogP contribution in [0.1, 0.15) is 6.42 Å². The van der Waals surface area contributed by atoms with Crippen molar-refractivity contribution >= 4 is 35.7 Å². The van der Waals surface area contributed by atoms with Gasteiger partial charge in [-0.15, -0.1) is 12.4 Å². The van der Waals surface area contributed by atoms with Gasteiger partial charge in [-0.3, -0.25) is 0 Å². The molecule has 0 spiro atoms. The lowest BCUT2D eigenvalue weighted by atomic mass is 10.0. The minimum absolute atomic E-state index is 0. The molecule has 8 heteroatoms. The molecule has 4 N–H and O–H groups in total. The zero-order valence-corrected chi connectivity index (χ0v) is 12.1. The number of rotatable bonds is 2. The van der Waals surface area contributed by atoms with Crippen molar-refractivity contribution in [3.63, 3.8) is 0 Å². The highest BCUT2D eigenvalue weighted by Crippen LogP contribution is 2.19. The Bertz CT molecular complexity index is 476. The second-order valence-corrected chi connectivity index (χ2v) is 4.80. The van der Waals surface area contributed by atoms with E-state index in [9.17, 15) is 14.3 Å². The van der Waals surface area contributed by atoms with E-state index in [1.807, 2.05) is 0 Å². The Kier molecular flexibility index (Phi) is 6.48. The summed E-state index contributed by atoms with van der Waals surface area (Å²) in [6.07, 6.45) is 0.0247. The number of carbonyl (C=O) groups excluding carboxylic acids is 1. The van der Waals surface area contributed by atoms with Crippen molar-refractivity contribution in [3.05, 3.63) is 29.0 Å². The molecule has 0 unspecified atom stereocenters. The predicted octanol–water partition coefficient (Wildman–Crippen LogP) is 1.75. The van der Waals surface area contributed by atoms with Crippen LogP contribution in [0.15, 0.2) is 18.2 Å². The van der Waals surface area contributed by atoms with Gasteiger partial charge < -0.3 is 21.1 Å². The summed E-state index contributed by atoms with van der Waals surface area (Å²) >= 11 is 5.62. The number of anilines is 1. The summed E-state index contributed by atoms with van der Waals surface area (Å²) in [7, 11) is 0. The fourth-order valence-electron chi connectivity index (χ4n) is 1.90. The number of hydrogen-bond donors (Lipinski definition) is 4. The highest BCUT2D eigenvalue weighted by molar-refractivity contribution is 6.31. The van der Waals surface area contributed by atoms with Crippen molar-refractivity contribution < 1.29 is 14.3 Å². The van der Waals surface area contributed by atoms with E-state index in [1.54, 1.807) is 0 Å². The lowest BCUT2D eigenvalue weighted by Crippen LogP contribution is -2.54. The third kappa shape index (κ3) is 4.49. The molecule has 2 atom stereocenters. The summed E-state index contributed by atoms with van der Waals surface area (Å²) in [6.45, 7) is 1.24. The number of aliphatic hydroxyl groups is 1. The number of halogens is 3. The largest absolute Gasteiger partial charge is 0.391 e. The molecule has 1 fully saturated rings. The third-order valence-electron chi connectivity index (χ3n) is 2.94. The van der Waals surface area contributed by atoms with E-state index < -0.39 is 18.0 Å². The molecule has 1 heterocycles. The van der Waals surface area contributed by atoms with Gasteiger partial charge in [0.1, 0.15) is 5.82 Å². The zero-order chi connectivity index (χ0) is 13.8. The van der Waals surface area contributed by atoms with Crippen LogP contribution >= 0.6 is 24.0 Å². The lowest BCUT2D eigenvalue weighted by molar-refractivity contribution is 0.103. The maximum atomic E-state index is 13.0. The van der Waals surface area contributed by atoms with Crippen molar-refractivity contribution in [1.29, 1.82) is 0 Å². The van der Waals surface area contributed by atoms with Gasteiger partial charge in [-0.05, 0) is 31.2 Å². The minimum atomic E-state index is -0.566. The van der Waals surface area contributed by atoms with Crippen molar-refractivity contribution in [1.82, 2.24) is 10.6 Å². The quantitative estimate of drug-likeness (QED) is 0.670. The molecule has 0 bridgehead atoms. The molecule has 1 aliphatic rings. The Hall–Kier alpha value is -1.08. The van der Waals surface area contributed by atoms with Crippen LogP contribution in [0.5, 0.6) is 0 Å². The molecule has 0 aromatic heterocycles. The summed E-state index contributed by atoms with van der Waals surface area (Å²) in [6, 6.07) is 3.11. The number of aliphatic hydroxyl groups excluding tert-OH is 1. The average molecular weight is 324 g/mol. The van der Waals surface area contributed by atoms with Gasteiger partial charge in [0.15, 0.2) is 0 Å². The van der Waals surface area contributed by atoms with Crippen molar-refractivity contribution in [2.75, 3.05) is 18.4 Å². The first-order valence-corrected chi connectivity index (χ1v) is 6.35. The zero-order valence-electron chi connectivity index (χ0n) is 10.5. The molecule has 0 aliphatic carbocycles. The van der Waals surface area contributed by atoms with Gasteiger partial charge in [0, 0.05) is 12.2 Å². The van der Waals surface area contributed by atoms with Crippen LogP contribution < -0.4 is 16.0 Å². The number of nitrogens with one attached hydrogen (secondary N) is 3. The molecule has 5 nitrogen and oxygen atoms in total. The van der Waals surface area contributed by atoms with Gasteiger partial charge in [-0.25, -0.2) is 9.18 Å². The van der Waals surface area contributed by atoms with Gasteiger partial charge in [-0.1, -0.05) is 11.6 Å². The number of carbonyl (C=O) groups is 1. The van der Waals surface area contributed by atoms with E-state index in [1.165, 1.54) is 18.2 Å². The number of piperidine rings is 1. The molecular formula is C12H16Cl2FN3O2. The lowest BCUT2D eigenvalue weighted by Gasteiger charge is -2.29. The monoisotopic (exact) mass is 323 g/mol. The SMILES string of the molecule is Cl.O=C(Nc1ccc(F)c(Cl)c1)N[C@H]1CNCC[C@H]1O. The Morgan fingerprint density at radius 2 is 2.25 bits per heavy atom. The van der Waals surface area contributed by atoms with E-state index in [2.05, 4.69) is 16.0 Å². The second kappa shape index (κ2) is 7.64. The summed E-state index contributed by atoms with van der Waals surface area (Å²) in [5.74, 6) is -0.542. The molecule has 2 rings (SSSR count). The molecule has 112 valence electrons. The molecule has 20 heavy (non-hydrogen) atoms. The van der Waals surface area contributed by atoms with Crippen molar-refractivity contribution in [2.24, 2.45) is 0 Å². The highest BCUT2D eigenvalue weighted by atomic mass is 35.5. The van der Waals surface area contributed by atoms with Gasteiger partial charge in [0.2, 0.25) is 0 Å². The topological polar surface area (TPSA) is 73.4 Å². The fraction of sp³-hybridized carbons (Fsp3) is 0.417. The van der Waals surface area contributed by atoms with Gasteiger partial charge in [-0.2, -0.15) is 0 Å². The molecular weight excluding hydrogens is 308 g/mol. The van der Waals surface area contributed by atoms with E-state index in [-0.39, 0.29) is 23.5 Å². The fourth-order valence-corrected chi connectivity index (χ4v) is 2.08. The summed E-state index contributed by atoms with van der Waals surface area (Å²) < 4.78 is 13.0. The first-order chi connectivity index (χ1) is 9.06. The minimum Gasteiger partial charge on any atom is -0.391 e. The maximum absolute atomic E-state index is 13.0. The average Bonchev–Trinajstić information content (AvgIpc) is 2.37. The molecule has 1 aromatic rings. The van der Waals surface area contributed by atoms with Gasteiger partial charge in [0.25, 0.3) is 0 Å². The Morgan fingerprint density at radius 1 is 1.50 bits per heavy atom. The molecule has 2 amide bonds. The van der Waals surface area contributed by atoms with E-state index in [0.29, 0.717) is 18.7 Å². The molecule has 1 saturated heterocycles. The van der Waals surface area contributed by atoms with Crippen LogP contribution in [0.2, 0.25) is 5.02 Å². The Morgan fingerprint density at radius 3 is 2.90 bits per heavy atom. The van der Waals surface area contributed by atoms with E-state index >= 15 is 0 Å². The van der Waals surface area contributed by atoms with Crippen molar-refractivity contribution in [2.45, 2.75) is 18.6 Å². The predicted molar refractivity (Wildman–Crippen MR) is 78.1 cm³/mol.